The Morgan fingerprint density at radius 1 is 1.56 bits per heavy atom. The fourth-order valence-corrected chi connectivity index (χ4v) is 2.13. The maximum absolute atomic E-state index is 4.58. The summed E-state index contributed by atoms with van der Waals surface area (Å²) in [5.74, 6) is 0. The molecule has 2 rings (SSSR count). The van der Waals surface area contributed by atoms with Crippen molar-refractivity contribution in [2.45, 2.75) is 39.4 Å². The maximum Gasteiger partial charge on any atom is 0.0764 e. The Bertz CT molecular complexity index is 332. The molecule has 1 saturated heterocycles. The van der Waals surface area contributed by atoms with Crippen LogP contribution in [-0.4, -0.2) is 40.4 Å². The van der Waals surface area contributed by atoms with Crippen LogP contribution >= 0.6 is 0 Å². The number of hydrogen-bond donors (Lipinski definition) is 1. The van der Waals surface area contributed by atoms with E-state index in [0.717, 1.165) is 26.2 Å². The summed E-state index contributed by atoms with van der Waals surface area (Å²) in [5.41, 5.74) is 1.18. The highest BCUT2D eigenvalue weighted by molar-refractivity contribution is 5.00. The van der Waals surface area contributed by atoms with Gasteiger partial charge in [-0.3, -0.25) is 9.58 Å². The molecule has 0 radical (unpaired) electrons. The fourth-order valence-electron chi connectivity index (χ4n) is 2.13. The molecular weight excluding hydrogens is 200 g/mol. The molecule has 1 aliphatic heterocycles. The third-order valence-electron chi connectivity index (χ3n) is 3.03. The van der Waals surface area contributed by atoms with Gasteiger partial charge in [-0.25, -0.2) is 0 Å². The molecule has 4 nitrogen and oxygen atoms in total. The largest absolute Gasteiger partial charge is 0.312 e. The van der Waals surface area contributed by atoms with Gasteiger partial charge in [-0.05, 0) is 26.8 Å². The zero-order valence-electron chi connectivity index (χ0n) is 10.5. The standard InChI is InChI=1S/C12H22N4/c1-10(2)16-6-4-12(14-16)9-15-7-5-13-11(3)8-15/h4,6,10-11,13H,5,7-9H2,1-3H3/t11-/m0/s1. The van der Waals surface area contributed by atoms with Crippen molar-refractivity contribution in [2.24, 2.45) is 0 Å². The number of piperazine rings is 1. The molecule has 4 heteroatoms. The van der Waals surface area contributed by atoms with Gasteiger partial charge in [-0.2, -0.15) is 5.10 Å². The molecule has 1 N–H and O–H groups in total. The Labute approximate surface area is 97.6 Å². The Morgan fingerprint density at radius 2 is 2.38 bits per heavy atom. The van der Waals surface area contributed by atoms with Crippen molar-refractivity contribution < 1.29 is 0 Å². The van der Waals surface area contributed by atoms with Crippen LogP contribution in [0.15, 0.2) is 12.3 Å². The second-order valence-corrected chi connectivity index (χ2v) is 4.97. The summed E-state index contributed by atoms with van der Waals surface area (Å²) < 4.78 is 2.03. The summed E-state index contributed by atoms with van der Waals surface area (Å²) in [4.78, 5) is 2.47. The van der Waals surface area contributed by atoms with Crippen LogP contribution in [0.1, 0.15) is 32.5 Å². The SMILES string of the molecule is CC(C)n1ccc(CN2CCN[C@@H](C)C2)n1. The number of rotatable bonds is 3. The lowest BCUT2D eigenvalue weighted by molar-refractivity contribution is 0.197. The third kappa shape index (κ3) is 2.83. The predicted molar refractivity (Wildman–Crippen MR) is 65.4 cm³/mol. The molecule has 0 saturated carbocycles. The number of hydrogen-bond acceptors (Lipinski definition) is 3. The van der Waals surface area contributed by atoms with E-state index in [1.165, 1.54) is 5.69 Å². The lowest BCUT2D eigenvalue weighted by Crippen LogP contribution is -2.48. The summed E-state index contributed by atoms with van der Waals surface area (Å²) in [6.45, 7) is 10.9. The van der Waals surface area contributed by atoms with Crippen LogP contribution in [0.2, 0.25) is 0 Å². The van der Waals surface area contributed by atoms with Gasteiger partial charge < -0.3 is 5.32 Å². The summed E-state index contributed by atoms with van der Waals surface area (Å²) >= 11 is 0. The van der Waals surface area contributed by atoms with Gasteiger partial charge in [0.25, 0.3) is 0 Å². The molecular formula is C12H22N4. The monoisotopic (exact) mass is 222 g/mol. The van der Waals surface area contributed by atoms with E-state index in [0.29, 0.717) is 12.1 Å². The minimum absolute atomic E-state index is 0.454. The normalized spacial score (nSPS) is 22.9. The molecule has 1 aliphatic rings. The Kier molecular flexibility index (Phi) is 3.61. The van der Waals surface area contributed by atoms with Crippen molar-refractivity contribution >= 4 is 0 Å². The van der Waals surface area contributed by atoms with Crippen LogP contribution < -0.4 is 5.32 Å². The second kappa shape index (κ2) is 4.97. The van der Waals surface area contributed by atoms with Gasteiger partial charge in [0.2, 0.25) is 0 Å². The molecule has 2 heterocycles. The van der Waals surface area contributed by atoms with Crippen molar-refractivity contribution in [3.05, 3.63) is 18.0 Å². The van der Waals surface area contributed by atoms with Crippen molar-refractivity contribution in [1.29, 1.82) is 0 Å². The average Bonchev–Trinajstić information content (AvgIpc) is 2.66. The molecule has 0 amide bonds. The van der Waals surface area contributed by atoms with Gasteiger partial charge in [-0.15, -0.1) is 0 Å². The molecule has 0 aromatic carbocycles. The third-order valence-corrected chi connectivity index (χ3v) is 3.03. The van der Waals surface area contributed by atoms with E-state index in [2.05, 4.69) is 48.3 Å². The first-order valence-corrected chi connectivity index (χ1v) is 6.15. The lowest BCUT2D eigenvalue weighted by atomic mass is 10.2. The van der Waals surface area contributed by atoms with Crippen LogP contribution in [0.3, 0.4) is 0 Å². The quantitative estimate of drug-likeness (QED) is 0.836. The van der Waals surface area contributed by atoms with E-state index in [1.54, 1.807) is 0 Å². The van der Waals surface area contributed by atoms with Gasteiger partial charge >= 0.3 is 0 Å². The first kappa shape index (κ1) is 11.6. The first-order chi connectivity index (χ1) is 7.65. The zero-order chi connectivity index (χ0) is 11.5. The summed E-state index contributed by atoms with van der Waals surface area (Å²) in [5, 5.41) is 8.04. The molecule has 0 spiro atoms. The van der Waals surface area contributed by atoms with E-state index in [1.807, 2.05) is 4.68 Å². The molecule has 16 heavy (non-hydrogen) atoms. The van der Waals surface area contributed by atoms with Gasteiger partial charge in [0, 0.05) is 44.5 Å². The van der Waals surface area contributed by atoms with Crippen molar-refractivity contribution in [1.82, 2.24) is 20.0 Å². The van der Waals surface area contributed by atoms with E-state index < -0.39 is 0 Å². The van der Waals surface area contributed by atoms with Gasteiger partial charge in [-0.1, -0.05) is 0 Å². The second-order valence-electron chi connectivity index (χ2n) is 4.97. The van der Waals surface area contributed by atoms with E-state index in [9.17, 15) is 0 Å². The smallest absolute Gasteiger partial charge is 0.0764 e. The van der Waals surface area contributed by atoms with Crippen LogP contribution in [0.5, 0.6) is 0 Å². The van der Waals surface area contributed by atoms with Crippen molar-refractivity contribution in [3.8, 4) is 0 Å². The van der Waals surface area contributed by atoms with Crippen LogP contribution in [0, 0.1) is 0 Å². The van der Waals surface area contributed by atoms with Gasteiger partial charge in [0.15, 0.2) is 0 Å². The molecule has 0 unspecified atom stereocenters. The Hall–Kier alpha value is -0.870. The zero-order valence-corrected chi connectivity index (χ0v) is 10.5. The Morgan fingerprint density at radius 3 is 3.00 bits per heavy atom. The molecule has 90 valence electrons. The van der Waals surface area contributed by atoms with Gasteiger partial charge in [0.1, 0.15) is 0 Å². The van der Waals surface area contributed by atoms with Crippen LogP contribution in [-0.2, 0) is 6.54 Å². The van der Waals surface area contributed by atoms with Crippen molar-refractivity contribution in [3.63, 3.8) is 0 Å². The first-order valence-electron chi connectivity index (χ1n) is 6.15. The molecule has 0 aliphatic carbocycles. The molecule has 1 atom stereocenters. The minimum atomic E-state index is 0.454. The average molecular weight is 222 g/mol. The summed E-state index contributed by atoms with van der Waals surface area (Å²) in [7, 11) is 0. The number of aromatic nitrogens is 2. The van der Waals surface area contributed by atoms with Gasteiger partial charge in [0.05, 0.1) is 5.69 Å². The summed E-state index contributed by atoms with van der Waals surface area (Å²) in [6, 6.07) is 3.18. The number of nitrogens with zero attached hydrogens (tertiary/aromatic N) is 3. The highest BCUT2D eigenvalue weighted by Gasteiger charge is 2.16. The highest BCUT2D eigenvalue weighted by atomic mass is 15.3. The maximum atomic E-state index is 4.58. The number of nitrogens with one attached hydrogen (secondary N) is 1. The summed E-state index contributed by atoms with van der Waals surface area (Å²) in [6.07, 6.45) is 2.08. The fraction of sp³-hybridized carbons (Fsp3) is 0.750. The van der Waals surface area contributed by atoms with Crippen LogP contribution in [0.25, 0.3) is 0 Å². The van der Waals surface area contributed by atoms with E-state index >= 15 is 0 Å². The van der Waals surface area contributed by atoms with Crippen LogP contribution in [0.4, 0.5) is 0 Å². The molecule has 1 aromatic rings. The van der Waals surface area contributed by atoms with Crippen molar-refractivity contribution in [2.75, 3.05) is 19.6 Å². The van der Waals surface area contributed by atoms with E-state index in [4.69, 9.17) is 0 Å². The lowest BCUT2D eigenvalue weighted by Gasteiger charge is -2.31. The molecule has 1 aromatic heterocycles. The molecule has 0 bridgehead atoms. The topological polar surface area (TPSA) is 33.1 Å². The minimum Gasteiger partial charge on any atom is -0.312 e. The van der Waals surface area contributed by atoms with E-state index in [-0.39, 0.29) is 0 Å². The highest BCUT2D eigenvalue weighted by Crippen LogP contribution is 2.08. The Balaban J connectivity index is 1.92. The predicted octanol–water partition coefficient (Wildman–Crippen LogP) is 1.26. The molecule has 1 fully saturated rings.